The van der Waals surface area contributed by atoms with Gasteiger partial charge in [0.25, 0.3) is 0 Å². The van der Waals surface area contributed by atoms with Crippen LogP contribution in [0.3, 0.4) is 0 Å². The van der Waals surface area contributed by atoms with E-state index in [1.54, 1.807) is 0 Å². The van der Waals surface area contributed by atoms with E-state index in [0.29, 0.717) is 12.1 Å². The van der Waals surface area contributed by atoms with Crippen LogP contribution in [-0.2, 0) is 4.74 Å². The maximum atomic E-state index is 5.80. The third-order valence-electron chi connectivity index (χ3n) is 3.96. The number of aromatic nitrogens is 2. The molecule has 1 aliphatic heterocycles. The van der Waals surface area contributed by atoms with Gasteiger partial charge in [0.15, 0.2) is 0 Å². The Balaban J connectivity index is 1.38. The number of likely N-dealkylation sites (tertiary alicyclic amines) is 1. The molecule has 2 aliphatic rings. The van der Waals surface area contributed by atoms with E-state index in [1.807, 2.05) is 12.3 Å². The first-order chi connectivity index (χ1) is 8.42. The first-order valence-corrected chi connectivity index (χ1v) is 6.75. The summed E-state index contributed by atoms with van der Waals surface area (Å²) in [5.41, 5.74) is 0. The second-order valence-electron chi connectivity index (χ2n) is 5.15. The number of hydrogen-bond donors (Lipinski definition) is 0. The summed E-state index contributed by atoms with van der Waals surface area (Å²) in [4.78, 5) is 2.49. The van der Waals surface area contributed by atoms with Crippen molar-refractivity contribution >= 4 is 0 Å². The number of hydrogen-bond acceptors (Lipinski definition) is 3. The van der Waals surface area contributed by atoms with Gasteiger partial charge in [-0.1, -0.05) is 0 Å². The molecule has 2 fully saturated rings. The van der Waals surface area contributed by atoms with E-state index in [0.717, 1.165) is 19.7 Å². The molecule has 1 saturated heterocycles. The highest BCUT2D eigenvalue weighted by Crippen LogP contribution is 2.23. The maximum Gasteiger partial charge on any atom is 0.0658 e. The van der Waals surface area contributed by atoms with Crippen molar-refractivity contribution in [1.82, 2.24) is 14.7 Å². The van der Waals surface area contributed by atoms with E-state index in [2.05, 4.69) is 20.9 Å². The Morgan fingerprint density at radius 2 is 2.24 bits per heavy atom. The molecule has 0 N–H and O–H groups in total. The zero-order valence-electron chi connectivity index (χ0n) is 10.3. The van der Waals surface area contributed by atoms with Crippen molar-refractivity contribution in [2.24, 2.45) is 0 Å². The lowest BCUT2D eigenvalue weighted by atomic mass is 9.96. The van der Waals surface area contributed by atoms with Crippen LogP contribution in [0, 0.1) is 0 Å². The van der Waals surface area contributed by atoms with Crippen LogP contribution in [0.2, 0.25) is 0 Å². The van der Waals surface area contributed by atoms with E-state index in [-0.39, 0.29) is 0 Å². The zero-order valence-corrected chi connectivity index (χ0v) is 10.3. The van der Waals surface area contributed by atoms with Gasteiger partial charge in [-0.3, -0.25) is 9.58 Å². The maximum absolute atomic E-state index is 5.80. The fourth-order valence-corrected chi connectivity index (χ4v) is 2.61. The molecule has 4 nitrogen and oxygen atoms in total. The van der Waals surface area contributed by atoms with Gasteiger partial charge in [0, 0.05) is 32.0 Å². The Kier molecular flexibility index (Phi) is 3.43. The van der Waals surface area contributed by atoms with E-state index in [1.165, 1.54) is 32.2 Å². The van der Waals surface area contributed by atoms with Gasteiger partial charge >= 0.3 is 0 Å². The summed E-state index contributed by atoms with van der Waals surface area (Å²) in [7, 11) is 0. The SMILES string of the molecule is c1cnn(C2CCN(CCOC3CCC3)C2)c1. The lowest BCUT2D eigenvalue weighted by Crippen LogP contribution is -2.29. The average Bonchev–Trinajstić information content (AvgIpc) is 2.91. The summed E-state index contributed by atoms with van der Waals surface area (Å²) < 4.78 is 7.89. The summed E-state index contributed by atoms with van der Waals surface area (Å²) >= 11 is 0. The fourth-order valence-electron chi connectivity index (χ4n) is 2.61. The monoisotopic (exact) mass is 235 g/mol. The van der Waals surface area contributed by atoms with Gasteiger partial charge in [-0.2, -0.15) is 5.10 Å². The number of rotatable bonds is 5. The van der Waals surface area contributed by atoms with Gasteiger partial charge in [-0.25, -0.2) is 0 Å². The van der Waals surface area contributed by atoms with Crippen molar-refractivity contribution < 1.29 is 4.74 Å². The molecule has 4 heteroatoms. The predicted molar refractivity (Wildman–Crippen MR) is 65.9 cm³/mol. The first kappa shape index (κ1) is 11.2. The van der Waals surface area contributed by atoms with Crippen LogP contribution in [0.25, 0.3) is 0 Å². The van der Waals surface area contributed by atoms with E-state index < -0.39 is 0 Å². The second-order valence-corrected chi connectivity index (χ2v) is 5.15. The summed E-state index contributed by atoms with van der Waals surface area (Å²) in [5.74, 6) is 0. The molecule has 1 unspecified atom stereocenters. The van der Waals surface area contributed by atoms with Gasteiger partial charge in [-0.15, -0.1) is 0 Å². The van der Waals surface area contributed by atoms with Gasteiger partial charge in [0.05, 0.1) is 18.8 Å². The minimum absolute atomic E-state index is 0.564. The van der Waals surface area contributed by atoms with Gasteiger partial charge in [0.2, 0.25) is 0 Å². The Labute approximate surface area is 103 Å². The Hall–Kier alpha value is -0.870. The van der Waals surface area contributed by atoms with Gasteiger partial charge in [0.1, 0.15) is 0 Å². The first-order valence-electron chi connectivity index (χ1n) is 6.75. The van der Waals surface area contributed by atoms with E-state index >= 15 is 0 Å². The van der Waals surface area contributed by atoms with Crippen LogP contribution >= 0.6 is 0 Å². The van der Waals surface area contributed by atoms with Crippen molar-refractivity contribution in [3.8, 4) is 0 Å². The standard InChI is InChI=1S/C13H21N3O/c1-3-13(4-1)17-10-9-15-8-5-12(11-15)16-7-2-6-14-16/h2,6-7,12-13H,1,3-5,8-11H2. The smallest absolute Gasteiger partial charge is 0.0658 e. The molecule has 94 valence electrons. The number of nitrogens with zero attached hydrogens (tertiary/aromatic N) is 3. The molecule has 0 amide bonds. The van der Waals surface area contributed by atoms with Gasteiger partial charge < -0.3 is 4.74 Å². The van der Waals surface area contributed by atoms with Crippen molar-refractivity contribution in [2.45, 2.75) is 37.8 Å². The molecule has 1 saturated carbocycles. The molecular weight excluding hydrogens is 214 g/mol. The minimum Gasteiger partial charge on any atom is -0.377 e. The molecule has 1 aromatic heterocycles. The third kappa shape index (κ3) is 2.69. The van der Waals surface area contributed by atoms with Crippen molar-refractivity contribution in [2.75, 3.05) is 26.2 Å². The van der Waals surface area contributed by atoms with Crippen LogP contribution in [0.5, 0.6) is 0 Å². The third-order valence-corrected chi connectivity index (χ3v) is 3.96. The molecule has 17 heavy (non-hydrogen) atoms. The molecule has 0 spiro atoms. The molecule has 3 rings (SSSR count). The highest BCUT2D eigenvalue weighted by molar-refractivity contribution is 4.86. The highest BCUT2D eigenvalue weighted by Gasteiger charge is 2.24. The molecule has 0 bridgehead atoms. The van der Waals surface area contributed by atoms with Crippen molar-refractivity contribution in [3.63, 3.8) is 0 Å². The molecular formula is C13H21N3O. The second kappa shape index (κ2) is 5.19. The van der Waals surface area contributed by atoms with Crippen molar-refractivity contribution in [1.29, 1.82) is 0 Å². The van der Waals surface area contributed by atoms with E-state index in [4.69, 9.17) is 4.74 Å². The molecule has 1 aliphatic carbocycles. The molecule has 2 heterocycles. The van der Waals surface area contributed by atoms with Crippen LogP contribution in [-0.4, -0.2) is 47.0 Å². The summed E-state index contributed by atoms with van der Waals surface area (Å²) in [6.07, 6.45) is 9.62. The summed E-state index contributed by atoms with van der Waals surface area (Å²) in [6.45, 7) is 4.28. The minimum atomic E-state index is 0.564. The van der Waals surface area contributed by atoms with Crippen LogP contribution in [0.15, 0.2) is 18.5 Å². The normalized spacial score (nSPS) is 26.2. The van der Waals surface area contributed by atoms with Crippen LogP contribution in [0.1, 0.15) is 31.7 Å². The predicted octanol–water partition coefficient (Wildman–Crippen LogP) is 1.70. The van der Waals surface area contributed by atoms with Crippen molar-refractivity contribution in [3.05, 3.63) is 18.5 Å². The Bertz CT molecular complexity index is 334. The lowest BCUT2D eigenvalue weighted by molar-refractivity contribution is -0.00558. The summed E-state index contributed by atoms with van der Waals surface area (Å²) in [6, 6.07) is 2.57. The highest BCUT2D eigenvalue weighted by atomic mass is 16.5. The quantitative estimate of drug-likeness (QED) is 0.778. The zero-order chi connectivity index (χ0) is 11.5. The molecule has 0 radical (unpaired) electrons. The van der Waals surface area contributed by atoms with Crippen LogP contribution in [0.4, 0.5) is 0 Å². The lowest BCUT2D eigenvalue weighted by Gasteiger charge is -2.26. The molecule has 0 aromatic carbocycles. The van der Waals surface area contributed by atoms with Crippen LogP contribution < -0.4 is 0 Å². The molecule has 1 aromatic rings. The number of ether oxygens (including phenoxy) is 1. The topological polar surface area (TPSA) is 30.3 Å². The molecule has 1 atom stereocenters. The Morgan fingerprint density at radius 1 is 1.29 bits per heavy atom. The van der Waals surface area contributed by atoms with Gasteiger partial charge in [-0.05, 0) is 31.7 Å². The fraction of sp³-hybridized carbons (Fsp3) is 0.769. The average molecular weight is 235 g/mol. The van der Waals surface area contributed by atoms with E-state index in [9.17, 15) is 0 Å². The Morgan fingerprint density at radius 3 is 2.94 bits per heavy atom. The summed E-state index contributed by atoms with van der Waals surface area (Å²) in [5, 5.41) is 4.32. The largest absolute Gasteiger partial charge is 0.377 e.